The van der Waals surface area contributed by atoms with Crippen molar-refractivity contribution in [2.45, 2.75) is 0 Å². The lowest BCUT2D eigenvalue weighted by Gasteiger charge is -2.12. The van der Waals surface area contributed by atoms with Gasteiger partial charge in [0.15, 0.2) is 11.5 Å². The molecule has 0 aliphatic carbocycles. The van der Waals surface area contributed by atoms with Gasteiger partial charge in [-0.15, -0.1) is 0 Å². The van der Waals surface area contributed by atoms with Crippen molar-refractivity contribution in [2.75, 3.05) is 32.9 Å². The number of ether oxygens (including phenoxy) is 4. The molecule has 9 nitrogen and oxygen atoms in total. The average Bonchev–Trinajstić information content (AvgIpc) is 3.34. The Labute approximate surface area is 181 Å². The van der Waals surface area contributed by atoms with Crippen LogP contribution in [0.4, 0.5) is 10.5 Å². The summed E-state index contributed by atoms with van der Waals surface area (Å²) in [6.07, 6.45) is 1.55. The van der Waals surface area contributed by atoms with Gasteiger partial charge in [-0.05, 0) is 59.8 Å². The number of nitrogens with zero attached hydrogens (tertiary/aromatic N) is 1. The van der Waals surface area contributed by atoms with E-state index >= 15 is 0 Å². The van der Waals surface area contributed by atoms with Crippen LogP contribution in [0.15, 0.2) is 41.3 Å². The first-order valence-electron chi connectivity index (χ1n) is 9.15. The minimum absolute atomic E-state index is 0.0783. The van der Waals surface area contributed by atoms with Crippen molar-refractivity contribution in [2.24, 2.45) is 0 Å². The van der Waals surface area contributed by atoms with Crippen LogP contribution in [0, 0.1) is 0 Å². The molecule has 4 rings (SSSR count). The second-order valence-corrected chi connectivity index (χ2v) is 7.49. The van der Waals surface area contributed by atoms with Crippen LogP contribution in [0.25, 0.3) is 6.08 Å². The third-order valence-electron chi connectivity index (χ3n) is 4.53. The molecule has 1 fully saturated rings. The molecule has 0 radical (unpaired) electrons. The molecule has 0 aromatic heterocycles. The molecule has 3 amide bonds. The van der Waals surface area contributed by atoms with E-state index in [9.17, 15) is 14.4 Å². The van der Waals surface area contributed by atoms with Crippen LogP contribution in [0.5, 0.6) is 23.0 Å². The van der Waals surface area contributed by atoms with Crippen molar-refractivity contribution in [1.29, 1.82) is 0 Å². The second kappa shape index (κ2) is 8.60. The fourth-order valence-corrected chi connectivity index (χ4v) is 3.88. The van der Waals surface area contributed by atoms with Crippen molar-refractivity contribution in [3.63, 3.8) is 0 Å². The monoisotopic (exact) mass is 442 g/mol. The predicted molar refractivity (Wildman–Crippen MR) is 113 cm³/mol. The Morgan fingerprint density at radius 2 is 1.94 bits per heavy atom. The lowest BCUT2D eigenvalue weighted by Crippen LogP contribution is -2.36. The van der Waals surface area contributed by atoms with Gasteiger partial charge in [0.1, 0.15) is 12.3 Å². The molecule has 10 heteroatoms. The SMILES string of the molecule is COc1ccc(NC(=O)CN2C(=O)S/C(=C/c3cc(OC)c4c(c3)OCO4)C2=O)cc1. The van der Waals surface area contributed by atoms with E-state index in [2.05, 4.69) is 5.32 Å². The van der Waals surface area contributed by atoms with Gasteiger partial charge in [-0.3, -0.25) is 19.3 Å². The first kappa shape index (κ1) is 20.6. The molecular weight excluding hydrogens is 424 g/mol. The molecular formula is C21H18N2O7S. The summed E-state index contributed by atoms with van der Waals surface area (Å²) in [6, 6.07) is 10.1. The van der Waals surface area contributed by atoms with Gasteiger partial charge in [-0.2, -0.15) is 0 Å². The third kappa shape index (κ3) is 4.29. The molecule has 0 saturated carbocycles. The van der Waals surface area contributed by atoms with Gasteiger partial charge in [-0.1, -0.05) is 0 Å². The quantitative estimate of drug-likeness (QED) is 0.681. The van der Waals surface area contributed by atoms with Crippen molar-refractivity contribution in [3.8, 4) is 23.0 Å². The van der Waals surface area contributed by atoms with E-state index in [1.54, 1.807) is 49.6 Å². The number of imide groups is 1. The number of methoxy groups -OCH3 is 2. The van der Waals surface area contributed by atoms with E-state index in [0.29, 0.717) is 34.2 Å². The molecule has 1 saturated heterocycles. The molecule has 160 valence electrons. The van der Waals surface area contributed by atoms with Crippen molar-refractivity contribution in [1.82, 2.24) is 4.90 Å². The molecule has 2 heterocycles. The smallest absolute Gasteiger partial charge is 0.294 e. The van der Waals surface area contributed by atoms with E-state index in [1.165, 1.54) is 7.11 Å². The zero-order chi connectivity index (χ0) is 22.0. The number of rotatable bonds is 6. The largest absolute Gasteiger partial charge is 0.497 e. The Morgan fingerprint density at radius 1 is 1.16 bits per heavy atom. The standard InChI is InChI=1S/C21H18N2O7S/c1-27-14-5-3-13(4-6-14)22-18(24)10-23-20(25)17(31-21(23)26)9-12-7-15(28-2)19-16(8-12)29-11-30-19/h3-9H,10-11H2,1-2H3,(H,22,24)/b17-9+. The van der Waals surface area contributed by atoms with E-state index in [4.69, 9.17) is 18.9 Å². The number of hydrogen-bond donors (Lipinski definition) is 1. The average molecular weight is 442 g/mol. The highest BCUT2D eigenvalue weighted by Crippen LogP contribution is 2.43. The van der Waals surface area contributed by atoms with Gasteiger partial charge < -0.3 is 24.3 Å². The van der Waals surface area contributed by atoms with Gasteiger partial charge in [0.05, 0.1) is 19.1 Å². The summed E-state index contributed by atoms with van der Waals surface area (Å²) in [4.78, 5) is 38.5. The van der Waals surface area contributed by atoms with Crippen LogP contribution >= 0.6 is 11.8 Å². The van der Waals surface area contributed by atoms with E-state index in [-0.39, 0.29) is 11.7 Å². The van der Waals surface area contributed by atoms with Crippen LogP contribution in [0.3, 0.4) is 0 Å². The Morgan fingerprint density at radius 3 is 2.65 bits per heavy atom. The maximum atomic E-state index is 12.7. The molecule has 0 spiro atoms. The highest BCUT2D eigenvalue weighted by Gasteiger charge is 2.36. The summed E-state index contributed by atoms with van der Waals surface area (Å²) in [5.74, 6) is 1.05. The molecule has 0 bridgehead atoms. The topological polar surface area (TPSA) is 103 Å². The molecule has 2 aromatic rings. The van der Waals surface area contributed by atoms with Crippen LogP contribution in [0.1, 0.15) is 5.56 Å². The Hall–Kier alpha value is -3.66. The number of amides is 3. The van der Waals surface area contributed by atoms with Crippen molar-refractivity contribution in [3.05, 3.63) is 46.9 Å². The normalized spacial score (nSPS) is 16.1. The fourth-order valence-electron chi connectivity index (χ4n) is 3.04. The summed E-state index contributed by atoms with van der Waals surface area (Å²) >= 11 is 0.766. The Kier molecular flexibility index (Phi) is 5.72. The maximum Gasteiger partial charge on any atom is 0.294 e. The lowest BCUT2D eigenvalue weighted by atomic mass is 10.1. The molecule has 31 heavy (non-hydrogen) atoms. The van der Waals surface area contributed by atoms with E-state index in [1.807, 2.05) is 0 Å². The molecule has 2 aliphatic rings. The molecule has 2 aromatic carbocycles. The van der Waals surface area contributed by atoms with E-state index in [0.717, 1.165) is 16.7 Å². The number of hydrogen-bond acceptors (Lipinski definition) is 8. The molecule has 1 N–H and O–H groups in total. The van der Waals surface area contributed by atoms with Crippen LogP contribution in [0.2, 0.25) is 0 Å². The molecule has 2 aliphatic heterocycles. The maximum absolute atomic E-state index is 12.7. The molecule has 0 atom stereocenters. The van der Waals surface area contributed by atoms with Gasteiger partial charge in [-0.25, -0.2) is 0 Å². The van der Waals surface area contributed by atoms with Crippen LogP contribution < -0.4 is 24.3 Å². The number of thioether (sulfide) groups is 1. The number of anilines is 1. The minimum atomic E-state index is -0.545. The number of nitrogens with one attached hydrogen (secondary N) is 1. The highest BCUT2D eigenvalue weighted by atomic mass is 32.2. The summed E-state index contributed by atoms with van der Waals surface area (Å²) in [7, 11) is 3.04. The summed E-state index contributed by atoms with van der Waals surface area (Å²) in [5.41, 5.74) is 1.13. The predicted octanol–water partition coefficient (Wildman–Crippen LogP) is 3.11. The number of fused-ring (bicyclic) bond motifs is 1. The highest BCUT2D eigenvalue weighted by molar-refractivity contribution is 8.18. The van der Waals surface area contributed by atoms with E-state index < -0.39 is 23.6 Å². The number of carbonyl (C=O) groups is 3. The number of carbonyl (C=O) groups excluding carboxylic acids is 3. The molecule has 0 unspecified atom stereocenters. The summed E-state index contributed by atoms with van der Waals surface area (Å²) < 4.78 is 21.1. The van der Waals surface area contributed by atoms with Crippen molar-refractivity contribution < 1.29 is 33.3 Å². The Balaban J connectivity index is 1.46. The van der Waals surface area contributed by atoms with Gasteiger partial charge in [0, 0.05) is 5.69 Å². The Bertz CT molecular complexity index is 1080. The first-order chi connectivity index (χ1) is 15.0. The van der Waals surface area contributed by atoms with Gasteiger partial charge in [0.25, 0.3) is 11.1 Å². The number of benzene rings is 2. The summed E-state index contributed by atoms with van der Waals surface area (Å²) in [5, 5.41) is 2.13. The van der Waals surface area contributed by atoms with Gasteiger partial charge in [0.2, 0.25) is 18.4 Å². The van der Waals surface area contributed by atoms with Gasteiger partial charge >= 0.3 is 0 Å². The lowest BCUT2D eigenvalue weighted by molar-refractivity contribution is -0.127. The summed E-state index contributed by atoms with van der Waals surface area (Å²) in [6.45, 7) is -0.312. The van der Waals surface area contributed by atoms with Crippen LogP contribution in [-0.4, -0.2) is 49.5 Å². The fraction of sp³-hybridized carbons (Fsp3) is 0.190. The zero-order valence-corrected chi connectivity index (χ0v) is 17.5. The first-order valence-corrected chi connectivity index (χ1v) is 9.97. The van der Waals surface area contributed by atoms with Crippen molar-refractivity contribution >= 4 is 40.6 Å². The van der Waals surface area contributed by atoms with Crippen LogP contribution in [-0.2, 0) is 9.59 Å². The zero-order valence-electron chi connectivity index (χ0n) is 16.7. The minimum Gasteiger partial charge on any atom is -0.497 e. The third-order valence-corrected chi connectivity index (χ3v) is 5.43. The second-order valence-electron chi connectivity index (χ2n) is 6.50.